The van der Waals surface area contributed by atoms with E-state index in [9.17, 15) is 17.8 Å². The Morgan fingerprint density at radius 3 is 1.60 bits per heavy atom. The summed E-state index contributed by atoms with van der Waals surface area (Å²) in [7, 11) is -2.77. The van der Waals surface area contributed by atoms with Crippen LogP contribution in [-0.4, -0.2) is 43.1 Å². The maximum Gasteiger partial charge on any atom is 1.00 e. The van der Waals surface area contributed by atoms with Gasteiger partial charge in [0.15, 0.2) is 0 Å². The maximum atomic E-state index is 11.8. The molecule has 0 aliphatic carbocycles. The molecule has 0 atom stereocenters. The summed E-state index contributed by atoms with van der Waals surface area (Å²) >= 11 is 0. The molecule has 172 valence electrons. The molecule has 0 unspecified atom stereocenters. The fraction of sp³-hybridized carbons (Fsp3) is 0.870. The first-order valence-electron chi connectivity index (χ1n) is 11.7. The van der Waals surface area contributed by atoms with Crippen LogP contribution >= 0.6 is 0 Å². The summed E-state index contributed by atoms with van der Waals surface area (Å²) in [5.74, 6) is -0.795. The van der Waals surface area contributed by atoms with Gasteiger partial charge in [0.25, 0.3) is 0 Å². The molecule has 7 heteroatoms. The van der Waals surface area contributed by atoms with Crippen LogP contribution in [0.2, 0.25) is 0 Å². The van der Waals surface area contributed by atoms with Gasteiger partial charge in [0.1, 0.15) is 0 Å². The summed E-state index contributed by atoms with van der Waals surface area (Å²) in [6.45, 7) is 2.20. The van der Waals surface area contributed by atoms with E-state index in [-0.39, 0.29) is 42.0 Å². The molecule has 30 heavy (non-hydrogen) atoms. The quantitative estimate of drug-likeness (QED) is 0.123. The third-order valence-electron chi connectivity index (χ3n) is 5.29. The van der Waals surface area contributed by atoms with Crippen LogP contribution in [0.1, 0.15) is 110 Å². The number of allylic oxidation sites excluding steroid dienone is 1. The molecule has 0 saturated heterocycles. The summed E-state index contributed by atoms with van der Waals surface area (Å²) in [6, 6.07) is 0. The summed E-state index contributed by atoms with van der Waals surface area (Å²) in [4.78, 5) is 13.0. The minimum atomic E-state index is -4.27. The van der Waals surface area contributed by atoms with E-state index in [1.54, 1.807) is 0 Å². The van der Waals surface area contributed by atoms with Gasteiger partial charge in [0.2, 0.25) is 5.91 Å². The fourth-order valence-corrected chi connectivity index (χ4v) is 3.80. The molecule has 0 bridgehead atoms. The number of likely N-dealkylation sites (N-methyl/N-ethyl adjacent to an activating group) is 1. The Labute approximate surface area is 208 Å². The molecule has 0 heterocycles. The first-order chi connectivity index (χ1) is 13.9. The van der Waals surface area contributed by atoms with E-state index in [1.807, 2.05) is 6.08 Å². The predicted octanol–water partition coefficient (Wildman–Crippen LogP) is 2.81. The van der Waals surface area contributed by atoms with Crippen LogP contribution in [0.3, 0.4) is 0 Å². The van der Waals surface area contributed by atoms with Crippen LogP contribution in [0.5, 0.6) is 0 Å². The molecule has 0 aromatic carbocycles. The van der Waals surface area contributed by atoms with Gasteiger partial charge in [-0.15, -0.1) is 0 Å². The van der Waals surface area contributed by atoms with Crippen molar-refractivity contribution in [3.63, 3.8) is 0 Å². The molecule has 0 aromatic rings. The van der Waals surface area contributed by atoms with Crippen molar-refractivity contribution >= 4 is 16.0 Å². The summed E-state index contributed by atoms with van der Waals surface area (Å²) in [5.41, 5.74) is 0. The topological polar surface area (TPSA) is 77.5 Å². The van der Waals surface area contributed by atoms with Crippen molar-refractivity contribution in [1.82, 2.24) is 4.90 Å². The monoisotopic (exact) mass is 453 g/mol. The molecule has 0 saturated carbocycles. The number of hydrogen-bond donors (Lipinski definition) is 0. The molecule has 0 radical (unpaired) electrons. The molecule has 0 spiro atoms. The van der Waals surface area contributed by atoms with E-state index < -0.39 is 15.9 Å². The molecule has 0 rings (SSSR count). The van der Waals surface area contributed by atoms with Crippen LogP contribution < -0.4 is 29.6 Å². The van der Waals surface area contributed by atoms with Crippen molar-refractivity contribution in [1.29, 1.82) is 0 Å². The van der Waals surface area contributed by atoms with Crippen LogP contribution in [-0.2, 0) is 14.9 Å². The number of amides is 1. The molecule has 5 nitrogen and oxygen atoms in total. The minimum Gasteiger partial charge on any atom is -0.748 e. The molecule has 0 aromatic heterocycles. The molecule has 1 amide bonds. The first-order valence-corrected chi connectivity index (χ1v) is 13.3. The van der Waals surface area contributed by atoms with Crippen molar-refractivity contribution in [2.45, 2.75) is 110 Å². The molecule has 0 aliphatic rings. The summed E-state index contributed by atoms with van der Waals surface area (Å²) in [5, 5.41) is 0. The zero-order valence-corrected chi connectivity index (χ0v) is 22.7. The van der Waals surface area contributed by atoms with E-state index in [0.29, 0.717) is 0 Å². The van der Waals surface area contributed by atoms with E-state index in [0.717, 1.165) is 12.8 Å². The zero-order chi connectivity index (χ0) is 21.8. The Balaban J connectivity index is 0. The van der Waals surface area contributed by atoms with Crippen molar-refractivity contribution in [3.05, 3.63) is 12.2 Å². The molecule has 0 aliphatic heterocycles. The molecule has 0 fully saturated rings. The second-order valence-corrected chi connectivity index (χ2v) is 9.69. The zero-order valence-electron chi connectivity index (χ0n) is 19.9. The number of hydrogen-bond acceptors (Lipinski definition) is 4. The van der Waals surface area contributed by atoms with E-state index in [2.05, 4.69) is 6.92 Å². The summed E-state index contributed by atoms with van der Waals surface area (Å²) in [6.07, 6.45) is 24.2. The standard InChI is InChI=1S/C23H45NO4S.Na/c1-3-4-5-6-7-8-9-10-11-12-13-14-15-16-17-18-19-20-23(25)24(2)21-22-29(26,27)28;/h19-20H,3-18,21-22H2,1-2H3,(H,26,27,28);/q;+1/p-1/b20-19+;. The Morgan fingerprint density at radius 1 is 0.800 bits per heavy atom. The summed E-state index contributed by atoms with van der Waals surface area (Å²) < 4.78 is 31.7. The Kier molecular flexibility index (Phi) is 24.0. The van der Waals surface area contributed by atoms with Crippen molar-refractivity contribution in [3.8, 4) is 0 Å². The maximum absolute atomic E-state index is 11.8. The van der Waals surface area contributed by atoms with Crippen molar-refractivity contribution in [2.75, 3.05) is 19.3 Å². The van der Waals surface area contributed by atoms with Gasteiger partial charge in [0.05, 0.1) is 15.9 Å². The van der Waals surface area contributed by atoms with E-state index >= 15 is 0 Å². The van der Waals surface area contributed by atoms with Gasteiger partial charge in [-0.25, -0.2) is 8.42 Å². The SMILES string of the molecule is CCCCCCCCCCCCCCCCC/C=C/C(=O)N(C)CCS(=O)(=O)[O-].[Na+]. The predicted molar refractivity (Wildman–Crippen MR) is 121 cm³/mol. The second-order valence-electron chi connectivity index (χ2n) is 8.16. The number of nitrogens with zero attached hydrogens (tertiary/aromatic N) is 1. The normalized spacial score (nSPS) is 11.6. The first kappa shape index (κ1) is 32.3. The van der Waals surface area contributed by atoms with Gasteiger partial charge in [-0.3, -0.25) is 4.79 Å². The Morgan fingerprint density at radius 2 is 1.20 bits per heavy atom. The average molecular weight is 454 g/mol. The molecular weight excluding hydrogens is 409 g/mol. The number of unbranched alkanes of at least 4 members (excludes halogenated alkanes) is 15. The van der Waals surface area contributed by atoms with Crippen LogP contribution in [0.4, 0.5) is 0 Å². The van der Waals surface area contributed by atoms with Crippen molar-refractivity contribution < 1.29 is 47.3 Å². The second kappa shape index (κ2) is 22.3. The number of carbonyl (C=O) groups excluding carboxylic acids is 1. The Hall–Kier alpha value is 0.120. The third kappa shape index (κ3) is 24.4. The minimum absolute atomic E-state index is 0. The average Bonchev–Trinajstić information content (AvgIpc) is 2.67. The Bertz CT molecular complexity index is 523. The van der Waals surface area contributed by atoms with Gasteiger partial charge in [-0.05, 0) is 18.9 Å². The van der Waals surface area contributed by atoms with E-state index in [4.69, 9.17) is 0 Å². The van der Waals surface area contributed by atoms with Gasteiger partial charge in [-0.1, -0.05) is 103 Å². The van der Waals surface area contributed by atoms with Crippen LogP contribution in [0.25, 0.3) is 0 Å². The van der Waals surface area contributed by atoms with Crippen molar-refractivity contribution in [2.24, 2.45) is 0 Å². The van der Waals surface area contributed by atoms with Crippen LogP contribution in [0.15, 0.2) is 12.2 Å². The van der Waals surface area contributed by atoms with Crippen LogP contribution in [0, 0.1) is 0 Å². The molecular formula is C23H44NNaO4S. The largest absolute Gasteiger partial charge is 1.00 e. The number of carbonyl (C=O) groups is 1. The molecule has 0 N–H and O–H groups in total. The van der Waals surface area contributed by atoms with E-state index in [1.165, 1.54) is 108 Å². The number of rotatable bonds is 20. The van der Waals surface area contributed by atoms with Gasteiger partial charge in [-0.2, -0.15) is 0 Å². The smallest absolute Gasteiger partial charge is 0.748 e. The third-order valence-corrected chi connectivity index (χ3v) is 5.97. The van der Waals surface area contributed by atoms with Gasteiger partial charge >= 0.3 is 29.6 Å². The van der Waals surface area contributed by atoms with Gasteiger partial charge in [0, 0.05) is 13.6 Å². The van der Waals surface area contributed by atoms with Gasteiger partial charge < -0.3 is 9.45 Å². The fourth-order valence-electron chi connectivity index (χ4n) is 3.30.